The van der Waals surface area contributed by atoms with E-state index in [2.05, 4.69) is 4.98 Å². The Morgan fingerprint density at radius 1 is 1.21 bits per heavy atom. The number of amides is 1. The summed E-state index contributed by atoms with van der Waals surface area (Å²) in [5.74, 6) is 0.150. The summed E-state index contributed by atoms with van der Waals surface area (Å²) in [6.45, 7) is 1.30. The molecule has 146 valence electrons. The fourth-order valence-electron chi connectivity index (χ4n) is 2.40. The number of thiazole rings is 1. The number of aromatic nitrogens is 1. The van der Waals surface area contributed by atoms with E-state index in [4.69, 9.17) is 11.6 Å². The molecule has 0 atom stereocenters. The third-order valence-corrected chi connectivity index (χ3v) is 5.85. The lowest BCUT2D eigenvalue weighted by atomic mass is 10.2. The second-order valence-corrected chi connectivity index (χ2v) is 8.09. The number of alkyl halides is 3. The second kappa shape index (κ2) is 8.55. The van der Waals surface area contributed by atoms with Crippen molar-refractivity contribution in [1.29, 1.82) is 0 Å². The third-order valence-electron chi connectivity index (χ3n) is 3.68. The van der Waals surface area contributed by atoms with E-state index in [0.717, 1.165) is 22.7 Å². The predicted octanol–water partition coefficient (Wildman–Crippen LogP) is 6.79. The molecule has 0 aliphatic rings. The molecule has 2 aromatic carbocycles. The van der Waals surface area contributed by atoms with Crippen molar-refractivity contribution in [3.05, 3.63) is 70.2 Å². The van der Waals surface area contributed by atoms with Crippen LogP contribution in [0.4, 0.5) is 24.0 Å². The molecule has 0 saturated carbocycles. The van der Waals surface area contributed by atoms with Crippen molar-refractivity contribution in [2.75, 3.05) is 4.90 Å². The highest BCUT2D eigenvalue weighted by molar-refractivity contribution is 7.98. The molecular formula is C19H14ClF3N2OS2. The molecule has 0 saturated heterocycles. The van der Waals surface area contributed by atoms with Crippen molar-refractivity contribution in [2.45, 2.75) is 23.7 Å². The van der Waals surface area contributed by atoms with Crippen molar-refractivity contribution in [1.82, 2.24) is 4.98 Å². The first-order valence-corrected chi connectivity index (χ1v) is 10.3. The highest BCUT2D eigenvalue weighted by atomic mass is 35.5. The molecule has 1 aromatic heterocycles. The van der Waals surface area contributed by atoms with Gasteiger partial charge in [-0.2, -0.15) is 13.2 Å². The van der Waals surface area contributed by atoms with Gasteiger partial charge >= 0.3 is 6.18 Å². The molecule has 3 nitrogen and oxygen atoms in total. The number of anilines is 2. The molecule has 0 fully saturated rings. The van der Waals surface area contributed by atoms with E-state index in [-0.39, 0.29) is 5.69 Å². The third kappa shape index (κ3) is 5.06. The molecule has 0 aliphatic carbocycles. The summed E-state index contributed by atoms with van der Waals surface area (Å²) < 4.78 is 39.0. The highest BCUT2D eigenvalue weighted by Gasteiger charge is 2.31. The van der Waals surface area contributed by atoms with E-state index < -0.39 is 17.6 Å². The molecule has 0 spiro atoms. The molecular weight excluding hydrogens is 429 g/mol. The van der Waals surface area contributed by atoms with Gasteiger partial charge in [-0.3, -0.25) is 9.69 Å². The molecule has 28 heavy (non-hydrogen) atoms. The van der Waals surface area contributed by atoms with Crippen molar-refractivity contribution < 1.29 is 18.0 Å². The minimum Gasteiger partial charge on any atom is -0.274 e. The van der Waals surface area contributed by atoms with Gasteiger partial charge in [0.05, 0.1) is 16.9 Å². The predicted molar refractivity (Wildman–Crippen MR) is 107 cm³/mol. The lowest BCUT2D eigenvalue weighted by Crippen LogP contribution is -2.23. The Labute approximate surface area is 173 Å². The lowest BCUT2D eigenvalue weighted by Gasteiger charge is -2.19. The van der Waals surface area contributed by atoms with Crippen molar-refractivity contribution in [3.8, 4) is 0 Å². The van der Waals surface area contributed by atoms with Gasteiger partial charge in [0.15, 0.2) is 5.13 Å². The van der Waals surface area contributed by atoms with Crippen LogP contribution in [-0.2, 0) is 16.7 Å². The van der Waals surface area contributed by atoms with Crippen molar-refractivity contribution >= 4 is 51.4 Å². The van der Waals surface area contributed by atoms with Crippen LogP contribution in [0.25, 0.3) is 0 Å². The Hall–Kier alpha value is -2.03. The summed E-state index contributed by atoms with van der Waals surface area (Å²) in [5, 5.41) is 2.78. The van der Waals surface area contributed by atoms with Crippen LogP contribution >= 0.6 is 34.7 Å². The molecule has 9 heteroatoms. The highest BCUT2D eigenvalue weighted by Crippen LogP contribution is 2.35. The monoisotopic (exact) mass is 442 g/mol. The zero-order valence-electron chi connectivity index (χ0n) is 14.5. The number of carbonyl (C=O) groups is 1. The maximum absolute atomic E-state index is 13.0. The molecule has 1 amide bonds. The van der Waals surface area contributed by atoms with Crippen molar-refractivity contribution in [2.24, 2.45) is 0 Å². The van der Waals surface area contributed by atoms with Crippen LogP contribution in [-0.4, -0.2) is 10.9 Å². The Balaban J connectivity index is 1.80. The summed E-state index contributed by atoms with van der Waals surface area (Å²) >= 11 is 8.63. The zero-order chi connectivity index (χ0) is 20.3. The minimum atomic E-state index is -4.48. The molecule has 3 rings (SSSR count). The number of carbonyl (C=O) groups excluding carboxylic acids is 1. The van der Waals surface area contributed by atoms with Gasteiger partial charge in [-0.25, -0.2) is 4.98 Å². The van der Waals surface area contributed by atoms with Crippen LogP contribution in [0.5, 0.6) is 0 Å². The molecule has 0 aliphatic heterocycles. The van der Waals surface area contributed by atoms with Gasteiger partial charge in [0, 0.05) is 28.0 Å². The Bertz CT molecular complexity index is 974. The summed E-state index contributed by atoms with van der Waals surface area (Å²) in [6, 6.07) is 12.0. The average Bonchev–Trinajstić information content (AvgIpc) is 3.09. The Morgan fingerprint density at radius 2 is 1.93 bits per heavy atom. The van der Waals surface area contributed by atoms with Crippen molar-refractivity contribution in [3.63, 3.8) is 0 Å². The summed E-state index contributed by atoms with van der Waals surface area (Å²) in [6.07, 6.45) is -4.48. The first-order valence-electron chi connectivity index (χ1n) is 8.05. The fourth-order valence-corrected chi connectivity index (χ4v) is 4.31. The van der Waals surface area contributed by atoms with Crippen LogP contribution in [0.15, 0.2) is 58.8 Å². The topological polar surface area (TPSA) is 33.2 Å². The minimum absolute atomic E-state index is 0.133. The van der Waals surface area contributed by atoms with Gasteiger partial charge in [-0.15, -0.1) is 23.1 Å². The molecule has 0 unspecified atom stereocenters. The van der Waals surface area contributed by atoms with E-state index in [1.54, 1.807) is 29.3 Å². The van der Waals surface area contributed by atoms with Crippen LogP contribution in [0, 0.1) is 0 Å². The van der Waals surface area contributed by atoms with Gasteiger partial charge in [-0.05, 0) is 42.5 Å². The number of rotatable bonds is 5. The standard InChI is InChI=1S/C19H14ClF3N2OS2/c1-12(26)25(16-4-2-3-13(9-16)19(21,22)23)18-24-15(11-28-18)10-27-17-7-5-14(20)6-8-17/h2-9,11H,10H2,1H3. The average molecular weight is 443 g/mol. The van der Waals surface area contributed by atoms with Gasteiger partial charge < -0.3 is 0 Å². The van der Waals surface area contributed by atoms with Gasteiger partial charge in [0.25, 0.3) is 0 Å². The van der Waals surface area contributed by atoms with Gasteiger partial charge in [0.1, 0.15) is 0 Å². The van der Waals surface area contributed by atoms with E-state index >= 15 is 0 Å². The van der Waals surface area contributed by atoms with Gasteiger partial charge in [0.2, 0.25) is 5.91 Å². The molecule has 0 radical (unpaired) electrons. The van der Waals surface area contributed by atoms with Gasteiger partial charge in [-0.1, -0.05) is 17.7 Å². The summed E-state index contributed by atoms with van der Waals surface area (Å²) in [4.78, 5) is 18.8. The molecule has 1 heterocycles. The van der Waals surface area contributed by atoms with E-state index in [9.17, 15) is 18.0 Å². The molecule has 3 aromatic rings. The van der Waals surface area contributed by atoms with Crippen LogP contribution < -0.4 is 4.90 Å². The second-order valence-electron chi connectivity index (χ2n) is 5.77. The zero-order valence-corrected chi connectivity index (χ0v) is 16.9. The maximum atomic E-state index is 13.0. The number of halogens is 4. The lowest BCUT2D eigenvalue weighted by molar-refractivity contribution is -0.137. The summed E-state index contributed by atoms with van der Waals surface area (Å²) in [5.41, 5.74) is 0.0538. The number of hydrogen-bond donors (Lipinski definition) is 0. The Morgan fingerprint density at radius 3 is 2.57 bits per heavy atom. The number of nitrogens with zero attached hydrogens (tertiary/aromatic N) is 2. The number of thioether (sulfide) groups is 1. The Kier molecular flexibility index (Phi) is 6.32. The van der Waals surface area contributed by atoms with E-state index in [0.29, 0.717) is 15.9 Å². The molecule has 0 N–H and O–H groups in total. The van der Waals surface area contributed by atoms with Crippen LogP contribution in [0.2, 0.25) is 5.02 Å². The van der Waals surface area contributed by atoms with E-state index in [1.807, 2.05) is 12.1 Å². The van der Waals surface area contributed by atoms with Crippen LogP contribution in [0.3, 0.4) is 0 Å². The van der Waals surface area contributed by atoms with Crippen LogP contribution in [0.1, 0.15) is 18.2 Å². The number of hydrogen-bond acceptors (Lipinski definition) is 4. The quantitative estimate of drug-likeness (QED) is 0.408. The van der Waals surface area contributed by atoms with E-state index in [1.165, 1.54) is 35.3 Å². The smallest absolute Gasteiger partial charge is 0.274 e. The first kappa shape index (κ1) is 20.7. The summed E-state index contributed by atoms with van der Waals surface area (Å²) in [7, 11) is 0. The SMILES string of the molecule is CC(=O)N(c1cccc(C(F)(F)F)c1)c1nc(CSc2ccc(Cl)cc2)cs1. The fraction of sp³-hybridized carbons (Fsp3) is 0.158. The number of benzene rings is 2. The maximum Gasteiger partial charge on any atom is 0.416 e. The molecule has 0 bridgehead atoms. The normalized spacial score (nSPS) is 11.5. The first-order chi connectivity index (χ1) is 13.2. The largest absolute Gasteiger partial charge is 0.416 e.